The van der Waals surface area contributed by atoms with Crippen LogP contribution < -0.4 is 9.80 Å². The minimum absolute atomic E-state index is 0.0216. The van der Waals surface area contributed by atoms with E-state index in [0.717, 1.165) is 37.4 Å². The lowest BCUT2D eigenvalue weighted by Gasteiger charge is -2.35. The Morgan fingerprint density at radius 3 is 2.82 bits per heavy atom. The van der Waals surface area contributed by atoms with E-state index in [2.05, 4.69) is 25.2 Å². The Kier molecular flexibility index (Phi) is 5.02. The van der Waals surface area contributed by atoms with Crippen molar-refractivity contribution in [2.24, 2.45) is 0 Å². The van der Waals surface area contributed by atoms with E-state index >= 15 is 0 Å². The zero-order valence-electron chi connectivity index (χ0n) is 15.7. The van der Waals surface area contributed by atoms with Crippen LogP contribution in [0.4, 0.5) is 5.95 Å². The van der Waals surface area contributed by atoms with Gasteiger partial charge in [-0.1, -0.05) is 5.21 Å². The average molecular weight is 383 g/mol. The van der Waals surface area contributed by atoms with Crippen molar-refractivity contribution in [2.45, 2.75) is 18.9 Å². The maximum absolute atomic E-state index is 11.1. The third-order valence-electron chi connectivity index (χ3n) is 4.78. The summed E-state index contributed by atoms with van der Waals surface area (Å²) in [5, 5.41) is 9.79. The molecule has 0 aliphatic carbocycles. The zero-order chi connectivity index (χ0) is 19.5. The molecule has 1 atom stereocenters. The highest BCUT2D eigenvalue weighted by atomic mass is 16.7. The summed E-state index contributed by atoms with van der Waals surface area (Å²) < 4.78 is 6.81. The summed E-state index contributed by atoms with van der Waals surface area (Å²) in [5.74, 6) is 1.05. The Morgan fingerprint density at radius 2 is 2.11 bits per heavy atom. The van der Waals surface area contributed by atoms with Crippen molar-refractivity contribution in [3.63, 3.8) is 0 Å². The van der Waals surface area contributed by atoms with Gasteiger partial charge in [0, 0.05) is 6.54 Å². The molecule has 3 heterocycles. The molecule has 2 aromatic heterocycles. The van der Waals surface area contributed by atoms with Crippen LogP contribution in [0.15, 0.2) is 30.5 Å². The van der Waals surface area contributed by atoms with Gasteiger partial charge in [0.1, 0.15) is 5.75 Å². The molecule has 1 unspecified atom stereocenters. The molecule has 10 heteroatoms. The molecule has 1 aliphatic heterocycles. The number of nitrogens with zero attached hydrogens (tertiary/aromatic N) is 7. The van der Waals surface area contributed by atoms with Gasteiger partial charge in [0.15, 0.2) is 11.2 Å². The van der Waals surface area contributed by atoms with Crippen molar-refractivity contribution >= 4 is 23.6 Å². The minimum Gasteiger partial charge on any atom is -0.497 e. The molecule has 3 aromatic rings. The normalized spacial score (nSPS) is 17.4. The fourth-order valence-corrected chi connectivity index (χ4v) is 3.40. The molecule has 1 aliphatic rings. The summed E-state index contributed by atoms with van der Waals surface area (Å²) in [6, 6.07) is 7.39. The third kappa shape index (κ3) is 3.46. The number of ether oxygens (including phenoxy) is 1. The summed E-state index contributed by atoms with van der Waals surface area (Å²) in [6.45, 7) is 2.17. The Hall–Kier alpha value is -3.27. The van der Waals surface area contributed by atoms with Crippen LogP contribution in [-0.4, -0.2) is 69.6 Å². The molecule has 0 saturated carbocycles. The minimum atomic E-state index is -0.0216. The number of fused-ring (bicyclic) bond motifs is 1. The van der Waals surface area contributed by atoms with Gasteiger partial charge < -0.3 is 14.5 Å². The molecule has 1 fully saturated rings. The van der Waals surface area contributed by atoms with Crippen LogP contribution in [0.25, 0.3) is 16.9 Å². The van der Waals surface area contributed by atoms with E-state index in [-0.39, 0.29) is 6.04 Å². The van der Waals surface area contributed by atoms with Crippen LogP contribution in [0, 0.1) is 0 Å². The lowest BCUT2D eigenvalue weighted by molar-refractivity contribution is -0.131. The molecular formula is C18H21N7O3. The maximum Gasteiger partial charge on any atom is 0.320 e. The van der Waals surface area contributed by atoms with Gasteiger partial charge in [-0.05, 0) is 50.7 Å². The van der Waals surface area contributed by atoms with Crippen molar-refractivity contribution in [2.75, 3.05) is 32.3 Å². The monoisotopic (exact) mass is 383 g/mol. The number of likely N-dealkylation sites (N-methyl/N-ethyl adjacent to an activating group) is 1. The van der Waals surface area contributed by atoms with Crippen LogP contribution in [0.2, 0.25) is 0 Å². The maximum atomic E-state index is 11.1. The van der Waals surface area contributed by atoms with Crippen molar-refractivity contribution in [1.29, 1.82) is 0 Å². The Bertz CT molecular complexity index is 959. The average Bonchev–Trinajstić information content (AvgIpc) is 3.15. The number of aromatic nitrogens is 5. The molecule has 28 heavy (non-hydrogen) atoms. The number of methoxy groups -OCH3 is 1. The van der Waals surface area contributed by atoms with E-state index in [9.17, 15) is 4.79 Å². The number of likely N-dealkylation sites (tertiary alicyclic amines) is 1. The van der Waals surface area contributed by atoms with E-state index in [0.29, 0.717) is 23.6 Å². The molecule has 1 saturated heterocycles. The predicted octanol–water partition coefficient (Wildman–Crippen LogP) is 1.21. The molecule has 10 nitrogen and oxygen atoms in total. The Morgan fingerprint density at radius 1 is 1.29 bits per heavy atom. The van der Waals surface area contributed by atoms with Crippen LogP contribution in [0.3, 0.4) is 0 Å². The number of hydroxylamine groups is 1. The molecule has 0 bridgehead atoms. The quantitative estimate of drug-likeness (QED) is 0.459. The third-order valence-corrected chi connectivity index (χ3v) is 4.78. The first-order chi connectivity index (χ1) is 13.7. The number of piperidine rings is 1. The first-order valence-corrected chi connectivity index (χ1v) is 9.00. The van der Waals surface area contributed by atoms with Gasteiger partial charge in [-0.15, -0.1) is 5.10 Å². The van der Waals surface area contributed by atoms with Crippen molar-refractivity contribution in [3.05, 3.63) is 30.5 Å². The van der Waals surface area contributed by atoms with Crippen LogP contribution in [0.1, 0.15) is 12.8 Å². The van der Waals surface area contributed by atoms with Gasteiger partial charge in [-0.2, -0.15) is 14.7 Å². The number of carbonyl (C=O) groups is 1. The summed E-state index contributed by atoms with van der Waals surface area (Å²) in [4.78, 5) is 27.5. The fourth-order valence-electron chi connectivity index (χ4n) is 3.40. The SMILES string of the molecule is COc1ccc(-n2nnc3cnc(N(OC=O)C4CCCN(C)C4)nc32)cc1. The van der Waals surface area contributed by atoms with Crippen LogP contribution in [-0.2, 0) is 9.63 Å². The van der Waals surface area contributed by atoms with Gasteiger partial charge in [0.2, 0.25) is 0 Å². The summed E-state index contributed by atoms with van der Waals surface area (Å²) in [7, 11) is 3.65. The first kappa shape index (κ1) is 18.1. The summed E-state index contributed by atoms with van der Waals surface area (Å²) in [5.41, 5.74) is 1.86. The molecule has 0 radical (unpaired) electrons. The van der Waals surface area contributed by atoms with Gasteiger partial charge >= 0.3 is 6.47 Å². The second kappa shape index (κ2) is 7.77. The van der Waals surface area contributed by atoms with Gasteiger partial charge in [0.05, 0.1) is 25.0 Å². The van der Waals surface area contributed by atoms with E-state index in [1.165, 1.54) is 5.06 Å². The number of carbonyl (C=O) groups excluding carboxylic acids is 1. The highest BCUT2D eigenvalue weighted by Gasteiger charge is 2.28. The Labute approximate surface area is 161 Å². The number of benzene rings is 1. The predicted molar refractivity (Wildman–Crippen MR) is 101 cm³/mol. The van der Waals surface area contributed by atoms with Crippen LogP contribution >= 0.6 is 0 Å². The zero-order valence-corrected chi connectivity index (χ0v) is 15.7. The number of anilines is 1. The molecule has 0 spiro atoms. The highest BCUT2D eigenvalue weighted by molar-refractivity contribution is 5.72. The van der Waals surface area contributed by atoms with Crippen LogP contribution in [0.5, 0.6) is 5.75 Å². The molecule has 1 aromatic carbocycles. The second-order valence-corrected chi connectivity index (χ2v) is 6.66. The van der Waals surface area contributed by atoms with Crippen molar-refractivity contribution in [1.82, 2.24) is 29.9 Å². The van der Waals surface area contributed by atoms with E-state index < -0.39 is 0 Å². The largest absolute Gasteiger partial charge is 0.497 e. The molecule has 0 amide bonds. The molecular weight excluding hydrogens is 362 g/mol. The lowest BCUT2D eigenvalue weighted by Crippen LogP contribution is -2.47. The van der Waals surface area contributed by atoms with E-state index in [4.69, 9.17) is 9.57 Å². The van der Waals surface area contributed by atoms with Gasteiger partial charge in [-0.25, -0.2) is 4.98 Å². The second-order valence-electron chi connectivity index (χ2n) is 6.66. The van der Waals surface area contributed by atoms with E-state index in [1.54, 1.807) is 18.0 Å². The van der Waals surface area contributed by atoms with Gasteiger partial charge in [-0.3, -0.25) is 4.79 Å². The highest BCUT2D eigenvalue weighted by Crippen LogP contribution is 2.23. The summed E-state index contributed by atoms with van der Waals surface area (Å²) >= 11 is 0. The topological polar surface area (TPSA) is 98.5 Å². The summed E-state index contributed by atoms with van der Waals surface area (Å²) in [6.07, 6.45) is 3.47. The molecule has 0 N–H and O–H groups in total. The molecule has 146 valence electrons. The Balaban J connectivity index is 1.71. The smallest absolute Gasteiger partial charge is 0.320 e. The number of hydrogen-bond acceptors (Lipinski definition) is 9. The first-order valence-electron chi connectivity index (χ1n) is 9.00. The van der Waals surface area contributed by atoms with Gasteiger partial charge in [0.25, 0.3) is 5.95 Å². The van der Waals surface area contributed by atoms with E-state index in [1.807, 2.05) is 31.3 Å². The molecule has 4 rings (SSSR count). The lowest BCUT2D eigenvalue weighted by atomic mass is 10.1. The standard InChI is InChI=1S/C18H21N7O3/c1-23-9-3-4-14(11-23)25(28-12-26)18-19-10-16-17(20-18)24(22-21-16)13-5-7-15(27-2)8-6-13/h5-8,10,12,14H,3-4,9,11H2,1-2H3. The number of hydrogen-bond donors (Lipinski definition) is 0. The fraction of sp³-hybridized carbons (Fsp3) is 0.389. The number of rotatable bonds is 6. The van der Waals surface area contributed by atoms with Crippen molar-refractivity contribution < 1.29 is 14.4 Å². The van der Waals surface area contributed by atoms with Crippen molar-refractivity contribution in [3.8, 4) is 11.4 Å².